The largest absolute Gasteiger partial charge is 0.490 e. The number of rotatable bonds is 12. The summed E-state index contributed by atoms with van der Waals surface area (Å²) < 4.78 is 44.5. The Labute approximate surface area is 201 Å². The zero-order valence-electron chi connectivity index (χ0n) is 19.6. The Balaban J connectivity index is 1.23. The minimum Gasteiger partial charge on any atom is -0.490 e. The summed E-state index contributed by atoms with van der Waals surface area (Å²) in [6.07, 6.45) is 1.58. The van der Waals surface area contributed by atoms with E-state index in [0.29, 0.717) is 31.1 Å². The molecule has 184 valence electrons. The zero-order chi connectivity index (χ0) is 23.8. The number of hydrogen-bond acceptors (Lipinski definition) is 7. The van der Waals surface area contributed by atoms with Gasteiger partial charge in [0.15, 0.2) is 0 Å². The van der Waals surface area contributed by atoms with Crippen molar-refractivity contribution in [1.82, 2.24) is 14.2 Å². The van der Waals surface area contributed by atoms with E-state index >= 15 is 0 Å². The lowest BCUT2D eigenvalue weighted by Crippen LogP contribution is -2.40. The summed E-state index contributed by atoms with van der Waals surface area (Å²) in [5.41, 5.74) is 1.60. The molecular formula is C25H33N3O5S. The molecule has 1 aliphatic heterocycles. The second-order valence-electron chi connectivity index (χ2n) is 8.28. The van der Waals surface area contributed by atoms with Crippen LogP contribution >= 0.6 is 0 Å². The predicted molar refractivity (Wildman–Crippen MR) is 132 cm³/mol. The Morgan fingerprint density at radius 3 is 2.56 bits per heavy atom. The molecule has 0 amide bonds. The van der Waals surface area contributed by atoms with Crippen LogP contribution in [0.2, 0.25) is 0 Å². The summed E-state index contributed by atoms with van der Waals surface area (Å²) in [4.78, 5) is 2.65. The summed E-state index contributed by atoms with van der Waals surface area (Å²) in [5, 5.41) is 4.14. The number of hydrogen-bond donors (Lipinski definition) is 1. The van der Waals surface area contributed by atoms with E-state index in [0.717, 1.165) is 56.9 Å². The Morgan fingerprint density at radius 1 is 0.971 bits per heavy atom. The smallest absolute Gasteiger partial charge is 0.268 e. The van der Waals surface area contributed by atoms with Crippen molar-refractivity contribution in [3.05, 3.63) is 60.3 Å². The van der Waals surface area contributed by atoms with Crippen molar-refractivity contribution >= 4 is 20.9 Å². The van der Waals surface area contributed by atoms with E-state index in [-0.39, 0.29) is 4.90 Å². The van der Waals surface area contributed by atoms with Crippen LogP contribution in [0.15, 0.2) is 59.6 Å². The number of morpholine rings is 1. The van der Waals surface area contributed by atoms with Crippen LogP contribution < -0.4 is 10.1 Å². The first-order valence-corrected chi connectivity index (χ1v) is 13.1. The van der Waals surface area contributed by atoms with Gasteiger partial charge >= 0.3 is 0 Å². The fourth-order valence-corrected chi connectivity index (χ4v) is 5.26. The Hall–Kier alpha value is -2.43. The lowest BCUT2D eigenvalue weighted by atomic mass is 10.2. The van der Waals surface area contributed by atoms with Gasteiger partial charge in [-0.2, -0.15) is 0 Å². The summed E-state index contributed by atoms with van der Waals surface area (Å²) in [7, 11) is -3.68. The summed E-state index contributed by atoms with van der Waals surface area (Å²) >= 11 is 0. The maximum Gasteiger partial charge on any atom is 0.268 e. The molecule has 1 fully saturated rings. The van der Waals surface area contributed by atoms with E-state index < -0.39 is 10.0 Å². The lowest BCUT2D eigenvalue weighted by molar-refractivity contribution is 0.0380. The highest BCUT2D eigenvalue weighted by atomic mass is 32.2. The summed E-state index contributed by atoms with van der Waals surface area (Å²) in [5.74, 6) is 0.641. The van der Waals surface area contributed by atoms with Gasteiger partial charge in [0.1, 0.15) is 12.4 Å². The van der Waals surface area contributed by atoms with Gasteiger partial charge in [0.2, 0.25) is 0 Å². The summed E-state index contributed by atoms with van der Waals surface area (Å²) in [6, 6.07) is 14.1. The minimum absolute atomic E-state index is 0.258. The fraction of sp³-hybridized carbons (Fsp3) is 0.440. The van der Waals surface area contributed by atoms with E-state index in [2.05, 4.69) is 10.2 Å². The van der Waals surface area contributed by atoms with Crippen molar-refractivity contribution in [3.63, 3.8) is 0 Å². The molecule has 4 rings (SSSR count). The van der Waals surface area contributed by atoms with Gasteiger partial charge in [0, 0.05) is 44.3 Å². The maximum atomic E-state index is 13.1. The Kier molecular flexibility index (Phi) is 8.58. The number of aromatic nitrogens is 1. The molecular weight excluding hydrogens is 454 g/mol. The molecule has 0 bridgehead atoms. The highest BCUT2D eigenvalue weighted by molar-refractivity contribution is 7.90. The van der Waals surface area contributed by atoms with Crippen molar-refractivity contribution < 1.29 is 22.6 Å². The molecule has 1 aliphatic rings. The molecule has 1 aromatic heterocycles. The van der Waals surface area contributed by atoms with E-state index in [4.69, 9.17) is 14.2 Å². The van der Waals surface area contributed by atoms with Gasteiger partial charge in [0.25, 0.3) is 10.0 Å². The van der Waals surface area contributed by atoms with Crippen molar-refractivity contribution in [1.29, 1.82) is 0 Å². The second kappa shape index (κ2) is 11.8. The van der Waals surface area contributed by atoms with Gasteiger partial charge < -0.3 is 19.5 Å². The third kappa shape index (κ3) is 6.17. The Morgan fingerprint density at radius 2 is 1.76 bits per heavy atom. The monoisotopic (exact) mass is 487 g/mol. The van der Waals surface area contributed by atoms with E-state index in [1.165, 1.54) is 3.97 Å². The highest BCUT2D eigenvalue weighted by Crippen LogP contribution is 2.29. The van der Waals surface area contributed by atoms with Crippen LogP contribution in [0.5, 0.6) is 5.75 Å². The molecule has 2 aromatic carbocycles. The molecule has 9 heteroatoms. The normalized spacial score (nSPS) is 15.1. The lowest BCUT2D eigenvalue weighted by Gasteiger charge is -2.26. The number of aryl methyl sites for hydroxylation is 1. The predicted octanol–water partition coefficient (Wildman–Crippen LogP) is 2.50. The molecule has 1 N–H and O–H groups in total. The van der Waals surface area contributed by atoms with E-state index in [1.54, 1.807) is 48.7 Å². The first-order chi connectivity index (χ1) is 16.6. The quantitative estimate of drug-likeness (QED) is 0.393. The van der Waals surface area contributed by atoms with Crippen LogP contribution in [-0.2, 0) is 19.5 Å². The maximum absolute atomic E-state index is 13.1. The van der Waals surface area contributed by atoms with Crippen LogP contribution in [0, 0.1) is 6.92 Å². The molecule has 0 spiro atoms. The van der Waals surface area contributed by atoms with Gasteiger partial charge in [-0.05, 0) is 37.3 Å². The first-order valence-electron chi connectivity index (χ1n) is 11.7. The van der Waals surface area contributed by atoms with Crippen LogP contribution in [-0.4, -0.2) is 83.0 Å². The van der Waals surface area contributed by atoms with Gasteiger partial charge in [-0.3, -0.25) is 4.90 Å². The number of fused-ring (bicyclic) bond motifs is 1. The zero-order valence-corrected chi connectivity index (χ0v) is 20.4. The fourth-order valence-electron chi connectivity index (χ4n) is 3.92. The van der Waals surface area contributed by atoms with E-state index in [1.807, 2.05) is 13.0 Å². The number of nitrogens with zero attached hydrogens (tertiary/aromatic N) is 2. The number of nitrogens with one attached hydrogen (secondary N) is 1. The second-order valence-corrected chi connectivity index (χ2v) is 10.1. The van der Waals surface area contributed by atoms with Crippen LogP contribution in [0.1, 0.15) is 5.56 Å². The molecule has 3 aromatic rings. The SMILES string of the molecule is Cc1ccc(S(=O)(=O)n2ccc3c(OCCOCCNCCN4CCOCC4)cccc32)cc1. The standard InChI is InChI=1S/C25H33N3O5S/c1-21-5-7-22(8-6-21)34(29,30)28-12-9-23-24(28)3-2-4-25(23)33-20-19-31-16-11-26-10-13-27-14-17-32-18-15-27/h2-9,12,26H,10-11,13-20H2,1H3. The topological polar surface area (TPSA) is 82.0 Å². The van der Waals surface area contributed by atoms with Gasteiger partial charge in [0.05, 0.1) is 36.8 Å². The van der Waals surface area contributed by atoms with Crippen molar-refractivity contribution in [2.24, 2.45) is 0 Å². The average molecular weight is 488 g/mol. The van der Waals surface area contributed by atoms with Crippen molar-refractivity contribution in [2.75, 3.05) is 65.8 Å². The molecule has 2 heterocycles. The molecule has 0 aliphatic carbocycles. The Bertz CT molecular complexity index is 1160. The minimum atomic E-state index is -3.68. The van der Waals surface area contributed by atoms with Crippen molar-refractivity contribution in [3.8, 4) is 5.75 Å². The first kappa shape index (κ1) is 24.7. The third-order valence-electron chi connectivity index (χ3n) is 5.85. The molecule has 1 saturated heterocycles. The average Bonchev–Trinajstić information content (AvgIpc) is 3.30. The molecule has 8 nitrogen and oxygen atoms in total. The molecule has 0 radical (unpaired) electrons. The van der Waals surface area contributed by atoms with Crippen molar-refractivity contribution in [2.45, 2.75) is 11.8 Å². The van der Waals surface area contributed by atoms with Gasteiger partial charge in [-0.25, -0.2) is 12.4 Å². The molecule has 0 atom stereocenters. The molecule has 34 heavy (non-hydrogen) atoms. The highest BCUT2D eigenvalue weighted by Gasteiger charge is 2.19. The van der Waals surface area contributed by atoms with Crippen LogP contribution in [0.4, 0.5) is 0 Å². The van der Waals surface area contributed by atoms with Gasteiger partial charge in [-0.1, -0.05) is 23.8 Å². The van der Waals surface area contributed by atoms with E-state index in [9.17, 15) is 8.42 Å². The third-order valence-corrected chi connectivity index (χ3v) is 7.56. The van der Waals surface area contributed by atoms with Crippen LogP contribution in [0.25, 0.3) is 10.9 Å². The van der Waals surface area contributed by atoms with Crippen LogP contribution in [0.3, 0.4) is 0 Å². The molecule has 0 unspecified atom stereocenters. The number of ether oxygens (including phenoxy) is 3. The number of benzene rings is 2. The molecule has 0 saturated carbocycles. The van der Waals surface area contributed by atoms with Gasteiger partial charge in [-0.15, -0.1) is 0 Å². The summed E-state index contributed by atoms with van der Waals surface area (Å²) in [6.45, 7) is 9.80.